The van der Waals surface area contributed by atoms with E-state index in [2.05, 4.69) is 5.10 Å². The van der Waals surface area contributed by atoms with E-state index in [9.17, 15) is 4.79 Å². The maximum Gasteiger partial charge on any atom is 0.359 e. The predicted octanol–water partition coefficient (Wildman–Crippen LogP) is 1.66. The summed E-state index contributed by atoms with van der Waals surface area (Å²) >= 11 is 0. The van der Waals surface area contributed by atoms with Crippen LogP contribution in [0.15, 0.2) is 0 Å². The van der Waals surface area contributed by atoms with E-state index in [-0.39, 0.29) is 12.1 Å². The van der Waals surface area contributed by atoms with Gasteiger partial charge in [-0.25, -0.2) is 4.79 Å². The number of nitrogens with two attached hydrogens (primary N) is 1. The first-order valence-electron chi connectivity index (χ1n) is 6.15. The van der Waals surface area contributed by atoms with E-state index in [4.69, 9.17) is 10.5 Å². The van der Waals surface area contributed by atoms with Crippen LogP contribution in [-0.2, 0) is 18.2 Å². The lowest BCUT2D eigenvalue weighted by Gasteiger charge is -2.11. The Morgan fingerprint density at radius 2 is 2.18 bits per heavy atom. The molecule has 17 heavy (non-hydrogen) atoms. The van der Waals surface area contributed by atoms with Crippen molar-refractivity contribution in [1.82, 2.24) is 9.78 Å². The Morgan fingerprint density at radius 3 is 2.71 bits per heavy atom. The van der Waals surface area contributed by atoms with Crippen LogP contribution in [0.1, 0.15) is 48.8 Å². The van der Waals surface area contributed by atoms with Crippen LogP contribution in [0.4, 0.5) is 5.69 Å². The van der Waals surface area contributed by atoms with E-state index >= 15 is 0 Å². The average Bonchev–Trinajstić information content (AvgIpc) is 2.87. The van der Waals surface area contributed by atoms with Crippen LogP contribution < -0.4 is 5.73 Å². The standard InChI is InChI=1S/C12H19N3O2/c1-3-9-10(13)11(15(2)14-9)12(16)17-8-6-4-5-7-8/h8H,3-7,13H2,1-2H3. The minimum Gasteiger partial charge on any atom is -0.458 e. The molecule has 0 aliphatic heterocycles. The van der Waals surface area contributed by atoms with Gasteiger partial charge in [-0.2, -0.15) is 5.10 Å². The van der Waals surface area contributed by atoms with Crippen molar-refractivity contribution < 1.29 is 9.53 Å². The molecule has 2 rings (SSSR count). The van der Waals surface area contributed by atoms with Crippen molar-refractivity contribution in [3.05, 3.63) is 11.4 Å². The van der Waals surface area contributed by atoms with Crippen LogP contribution in [-0.4, -0.2) is 21.9 Å². The summed E-state index contributed by atoms with van der Waals surface area (Å²) in [6, 6.07) is 0. The van der Waals surface area contributed by atoms with E-state index in [0.29, 0.717) is 11.4 Å². The second-order valence-electron chi connectivity index (χ2n) is 4.50. The Bertz CT molecular complexity index is 420. The van der Waals surface area contributed by atoms with Crippen molar-refractivity contribution >= 4 is 11.7 Å². The van der Waals surface area contributed by atoms with Crippen molar-refractivity contribution in [2.24, 2.45) is 7.05 Å². The molecular weight excluding hydrogens is 218 g/mol. The molecule has 0 saturated heterocycles. The fourth-order valence-corrected chi connectivity index (χ4v) is 2.31. The first kappa shape index (κ1) is 12.0. The Labute approximate surface area is 101 Å². The normalized spacial score (nSPS) is 16.4. The molecule has 0 aromatic carbocycles. The summed E-state index contributed by atoms with van der Waals surface area (Å²) in [5.41, 5.74) is 7.50. The van der Waals surface area contributed by atoms with Crippen LogP contribution in [0, 0.1) is 0 Å². The third-order valence-electron chi connectivity index (χ3n) is 3.26. The number of nitrogens with zero attached hydrogens (tertiary/aromatic N) is 2. The highest BCUT2D eigenvalue weighted by atomic mass is 16.5. The SMILES string of the molecule is CCc1nn(C)c(C(=O)OC2CCCC2)c1N. The van der Waals surface area contributed by atoms with Crippen LogP contribution in [0.5, 0.6) is 0 Å². The second-order valence-corrected chi connectivity index (χ2v) is 4.50. The lowest BCUT2D eigenvalue weighted by atomic mass is 10.2. The summed E-state index contributed by atoms with van der Waals surface area (Å²) in [6.45, 7) is 1.96. The third kappa shape index (κ3) is 2.28. The van der Waals surface area contributed by atoms with E-state index in [1.807, 2.05) is 6.92 Å². The van der Waals surface area contributed by atoms with Gasteiger partial charge in [0.25, 0.3) is 0 Å². The Morgan fingerprint density at radius 1 is 1.53 bits per heavy atom. The molecule has 0 amide bonds. The van der Waals surface area contributed by atoms with Gasteiger partial charge in [-0.3, -0.25) is 4.68 Å². The van der Waals surface area contributed by atoms with Gasteiger partial charge in [0.15, 0.2) is 5.69 Å². The number of hydrogen-bond donors (Lipinski definition) is 1. The van der Waals surface area contributed by atoms with Gasteiger partial charge in [0.2, 0.25) is 0 Å². The van der Waals surface area contributed by atoms with Crippen molar-refractivity contribution in [2.45, 2.75) is 45.1 Å². The largest absolute Gasteiger partial charge is 0.458 e. The minimum atomic E-state index is -0.343. The molecule has 0 spiro atoms. The number of carbonyl (C=O) groups excluding carboxylic acids is 1. The summed E-state index contributed by atoms with van der Waals surface area (Å²) in [4.78, 5) is 12.0. The summed E-state index contributed by atoms with van der Waals surface area (Å²) in [7, 11) is 1.72. The molecule has 5 nitrogen and oxygen atoms in total. The molecule has 0 radical (unpaired) electrons. The van der Waals surface area contributed by atoms with Crippen molar-refractivity contribution in [3.8, 4) is 0 Å². The van der Waals surface area contributed by atoms with Crippen molar-refractivity contribution in [2.75, 3.05) is 5.73 Å². The maximum absolute atomic E-state index is 12.0. The number of esters is 1. The molecule has 5 heteroatoms. The van der Waals surface area contributed by atoms with Crippen LogP contribution in [0.25, 0.3) is 0 Å². The Kier molecular flexibility index (Phi) is 3.36. The van der Waals surface area contributed by atoms with Gasteiger partial charge >= 0.3 is 5.97 Å². The first-order chi connectivity index (χ1) is 8.13. The van der Waals surface area contributed by atoms with Gasteiger partial charge in [0, 0.05) is 7.05 Å². The summed E-state index contributed by atoms with van der Waals surface area (Å²) in [5, 5.41) is 4.22. The number of aromatic nitrogens is 2. The summed E-state index contributed by atoms with van der Waals surface area (Å²) < 4.78 is 6.96. The lowest BCUT2D eigenvalue weighted by Crippen LogP contribution is -2.18. The topological polar surface area (TPSA) is 70.1 Å². The minimum absolute atomic E-state index is 0.0573. The van der Waals surface area contributed by atoms with E-state index in [1.165, 1.54) is 4.68 Å². The second kappa shape index (κ2) is 4.77. The maximum atomic E-state index is 12.0. The van der Waals surface area contributed by atoms with Gasteiger partial charge in [0.1, 0.15) is 6.10 Å². The number of nitrogen functional groups attached to an aromatic ring is 1. The Hall–Kier alpha value is -1.52. The van der Waals surface area contributed by atoms with Crippen LogP contribution in [0.2, 0.25) is 0 Å². The number of rotatable bonds is 3. The number of anilines is 1. The van der Waals surface area contributed by atoms with Gasteiger partial charge in [-0.15, -0.1) is 0 Å². The fourth-order valence-electron chi connectivity index (χ4n) is 2.31. The number of aryl methyl sites for hydroxylation is 2. The highest BCUT2D eigenvalue weighted by molar-refractivity contribution is 5.93. The highest BCUT2D eigenvalue weighted by Crippen LogP contribution is 2.24. The molecule has 0 atom stereocenters. The Balaban J connectivity index is 2.15. The van der Waals surface area contributed by atoms with Gasteiger partial charge in [-0.05, 0) is 32.1 Å². The molecular formula is C12H19N3O2. The van der Waals surface area contributed by atoms with Crippen molar-refractivity contribution in [3.63, 3.8) is 0 Å². The van der Waals surface area contributed by atoms with Crippen molar-refractivity contribution in [1.29, 1.82) is 0 Å². The quantitative estimate of drug-likeness (QED) is 0.812. The molecule has 94 valence electrons. The molecule has 1 aromatic rings. The molecule has 2 N–H and O–H groups in total. The zero-order valence-electron chi connectivity index (χ0n) is 10.4. The molecule has 1 aliphatic rings. The highest BCUT2D eigenvalue weighted by Gasteiger charge is 2.25. The molecule has 0 unspecified atom stereocenters. The number of carbonyl (C=O) groups is 1. The van der Waals surface area contributed by atoms with Gasteiger partial charge < -0.3 is 10.5 Å². The zero-order chi connectivity index (χ0) is 12.4. The smallest absolute Gasteiger partial charge is 0.359 e. The summed E-state index contributed by atoms with van der Waals surface area (Å²) in [5.74, 6) is -0.343. The van der Waals surface area contributed by atoms with E-state index < -0.39 is 0 Å². The van der Waals surface area contributed by atoms with Gasteiger partial charge in [0.05, 0.1) is 11.4 Å². The summed E-state index contributed by atoms with van der Waals surface area (Å²) in [6.07, 6.45) is 4.98. The van der Waals surface area contributed by atoms with Gasteiger partial charge in [-0.1, -0.05) is 6.92 Å². The van der Waals surface area contributed by atoms with Crippen LogP contribution in [0.3, 0.4) is 0 Å². The lowest BCUT2D eigenvalue weighted by molar-refractivity contribution is 0.0306. The molecule has 1 aliphatic carbocycles. The molecule has 1 fully saturated rings. The van der Waals surface area contributed by atoms with Crippen LogP contribution >= 0.6 is 0 Å². The molecule has 1 saturated carbocycles. The molecule has 1 aromatic heterocycles. The predicted molar refractivity (Wildman–Crippen MR) is 64.7 cm³/mol. The van der Waals surface area contributed by atoms with E-state index in [0.717, 1.165) is 37.8 Å². The fraction of sp³-hybridized carbons (Fsp3) is 0.667. The zero-order valence-corrected chi connectivity index (χ0v) is 10.4. The number of hydrogen-bond acceptors (Lipinski definition) is 4. The molecule has 1 heterocycles. The van der Waals surface area contributed by atoms with E-state index in [1.54, 1.807) is 7.05 Å². The number of ether oxygens (including phenoxy) is 1. The first-order valence-corrected chi connectivity index (χ1v) is 6.15. The third-order valence-corrected chi connectivity index (χ3v) is 3.26. The monoisotopic (exact) mass is 237 g/mol. The molecule has 0 bridgehead atoms. The average molecular weight is 237 g/mol.